The molecular weight excluding hydrogens is 254 g/mol. The van der Waals surface area contributed by atoms with E-state index < -0.39 is 0 Å². The molecule has 108 valence electrons. The van der Waals surface area contributed by atoms with Crippen molar-refractivity contribution in [3.05, 3.63) is 48.1 Å². The third kappa shape index (κ3) is 7.10. The van der Waals surface area contributed by atoms with Crippen molar-refractivity contribution in [2.24, 2.45) is 5.10 Å². The Morgan fingerprint density at radius 2 is 2.15 bits per heavy atom. The number of hydrogen-bond acceptors (Lipinski definition) is 3. The van der Waals surface area contributed by atoms with Gasteiger partial charge in [0.2, 0.25) is 12.3 Å². The highest BCUT2D eigenvalue weighted by Gasteiger charge is 2.01. The molecule has 0 bridgehead atoms. The number of nitrogens with one attached hydrogen (secondary N) is 1. The fourth-order valence-electron chi connectivity index (χ4n) is 1.23. The van der Waals surface area contributed by atoms with Crippen LogP contribution in [-0.4, -0.2) is 37.1 Å². The molecule has 0 aromatic carbocycles. The monoisotopic (exact) mass is 275 g/mol. The van der Waals surface area contributed by atoms with E-state index in [0.29, 0.717) is 18.5 Å². The van der Waals surface area contributed by atoms with Crippen molar-refractivity contribution in [2.45, 2.75) is 13.8 Å². The summed E-state index contributed by atoms with van der Waals surface area (Å²) in [4.78, 5) is 22.2. The molecule has 0 aliphatic carbocycles. The first-order chi connectivity index (χ1) is 9.58. The van der Waals surface area contributed by atoms with Gasteiger partial charge in [0, 0.05) is 18.8 Å². The van der Waals surface area contributed by atoms with Crippen LogP contribution in [0, 0.1) is 0 Å². The van der Waals surface area contributed by atoms with Crippen LogP contribution in [0.1, 0.15) is 13.8 Å². The average Bonchev–Trinajstić information content (AvgIpc) is 2.48. The summed E-state index contributed by atoms with van der Waals surface area (Å²) in [6, 6.07) is 0. The molecule has 0 unspecified atom stereocenters. The minimum Gasteiger partial charge on any atom is -0.355 e. The van der Waals surface area contributed by atoms with Gasteiger partial charge in [-0.15, -0.1) is 0 Å². The Morgan fingerprint density at radius 1 is 1.45 bits per heavy atom. The van der Waals surface area contributed by atoms with E-state index in [2.05, 4.69) is 17.0 Å². The van der Waals surface area contributed by atoms with Crippen molar-refractivity contribution in [1.82, 2.24) is 10.3 Å². The smallest absolute Gasteiger partial charge is 0.246 e. The normalized spacial score (nSPS) is 12.8. The first-order valence-corrected chi connectivity index (χ1v) is 6.18. The van der Waals surface area contributed by atoms with Gasteiger partial charge in [0.1, 0.15) is 0 Å². The summed E-state index contributed by atoms with van der Waals surface area (Å²) in [6.45, 7) is 7.49. The molecule has 0 heterocycles. The fraction of sp³-hybridized carbons (Fsp3) is 0.267. The van der Waals surface area contributed by atoms with E-state index in [-0.39, 0.29) is 5.91 Å². The second kappa shape index (κ2) is 10.5. The fourth-order valence-corrected chi connectivity index (χ4v) is 1.23. The van der Waals surface area contributed by atoms with Crippen molar-refractivity contribution in [2.75, 3.05) is 13.6 Å². The standard InChI is InChI=1S/C15H21N3O2/c1-5-7-8-14(6-2)11-18(12-19)17-10-9-13(3)15(20)16-4/h5-10,12H,1,11H2,2-4H3,(H,16,20)/b8-7-,13-9+,14-6+,17-10-. The summed E-state index contributed by atoms with van der Waals surface area (Å²) in [5.41, 5.74) is 1.45. The Hall–Kier alpha value is -2.43. The third-order valence-corrected chi connectivity index (χ3v) is 2.41. The molecule has 0 aliphatic heterocycles. The molecule has 0 aliphatic rings. The van der Waals surface area contributed by atoms with Crippen molar-refractivity contribution < 1.29 is 9.59 Å². The van der Waals surface area contributed by atoms with Crippen molar-refractivity contribution in [3.63, 3.8) is 0 Å². The number of hydrogen-bond donors (Lipinski definition) is 1. The SMILES string of the molecule is C=C/C=C\C(=C/C)CN(C=O)/N=C\C=C(/C)C(=O)NC. The lowest BCUT2D eigenvalue weighted by Crippen LogP contribution is -2.19. The average molecular weight is 275 g/mol. The molecular formula is C15H21N3O2. The summed E-state index contributed by atoms with van der Waals surface area (Å²) >= 11 is 0. The minimum absolute atomic E-state index is 0.183. The largest absolute Gasteiger partial charge is 0.355 e. The van der Waals surface area contributed by atoms with Gasteiger partial charge < -0.3 is 5.32 Å². The summed E-state index contributed by atoms with van der Waals surface area (Å²) in [5, 5.41) is 7.73. The third-order valence-electron chi connectivity index (χ3n) is 2.41. The molecule has 0 rings (SSSR count). The zero-order valence-corrected chi connectivity index (χ0v) is 12.2. The van der Waals surface area contributed by atoms with Crippen LogP contribution in [0.15, 0.2) is 53.2 Å². The lowest BCUT2D eigenvalue weighted by Gasteiger charge is -2.10. The lowest BCUT2D eigenvalue weighted by molar-refractivity contribution is -0.118. The number of rotatable bonds is 8. The van der Waals surface area contributed by atoms with Crippen LogP contribution in [0.25, 0.3) is 0 Å². The van der Waals surface area contributed by atoms with Gasteiger partial charge in [0.05, 0.1) is 6.54 Å². The number of carbonyl (C=O) groups excluding carboxylic acids is 2. The first kappa shape index (κ1) is 17.6. The number of carbonyl (C=O) groups is 2. The van der Waals surface area contributed by atoms with Crippen molar-refractivity contribution in [3.8, 4) is 0 Å². The van der Waals surface area contributed by atoms with E-state index in [9.17, 15) is 9.59 Å². The lowest BCUT2D eigenvalue weighted by atomic mass is 10.2. The maximum atomic E-state index is 11.2. The van der Waals surface area contributed by atoms with E-state index in [1.54, 1.807) is 32.2 Å². The van der Waals surface area contributed by atoms with Gasteiger partial charge in [-0.2, -0.15) is 5.10 Å². The highest BCUT2D eigenvalue weighted by molar-refractivity contribution is 5.96. The zero-order chi connectivity index (χ0) is 15.4. The summed E-state index contributed by atoms with van der Waals surface area (Å²) in [7, 11) is 1.55. The second-order valence-corrected chi connectivity index (χ2v) is 3.85. The predicted molar refractivity (Wildman–Crippen MR) is 82.2 cm³/mol. The zero-order valence-electron chi connectivity index (χ0n) is 12.2. The molecule has 0 saturated carbocycles. The molecule has 0 aromatic heterocycles. The van der Waals surface area contributed by atoms with Gasteiger partial charge in [-0.1, -0.05) is 30.9 Å². The quantitative estimate of drug-likeness (QED) is 0.241. The van der Waals surface area contributed by atoms with Crippen LogP contribution in [0.5, 0.6) is 0 Å². The van der Waals surface area contributed by atoms with Gasteiger partial charge in [0.25, 0.3) is 0 Å². The molecule has 20 heavy (non-hydrogen) atoms. The maximum absolute atomic E-state index is 11.2. The van der Waals surface area contributed by atoms with E-state index in [4.69, 9.17) is 0 Å². The van der Waals surface area contributed by atoms with Crippen LogP contribution in [-0.2, 0) is 9.59 Å². The Bertz CT molecular complexity index is 460. The number of likely N-dealkylation sites (N-methyl/N-ethyl adjacent to an activating group) is 1. The number of nitrogens with zero attached hydrogens (tertiary/aromatic N) is 2. The van der Waals surface area contributed by atoms with Gasteiger partial charge in [-0.3, -0.25) is 9.59 Å². The molecule has 0 spiro atoms. The molecule has 1 N–H and O–H groups in total. The molecule has 5 heteroatoms. The molecule has 0 aromatic rings. The molecule has 0 radical (unpaired) electrons. The van der Waals surface area contributed by atoms with Crippen LogP contribution < -0.4 is 5.32 Å². The summed E-state index contributed by atoms with van der Waals surface area (Å²) in [5.74, 6) is -0.183. The van der Waals surface area contributed by atoms with Gasteiger partial charge in [0.15, 0.2) is 0 Å². The van der Waals surface area contributed by atoms with Crippen LogP contribution in [0.4, 0.5) is 0 Å². The van der Waals surface area contributed by atoms with E-state index in [0.717, 1.165) is 5.57 Å². The Labute approximate surface area is 120 Å². The Morgan fingerprint density at radius 3 is 2.65 bits per heavy atom. The number of allylic oxidation sites excluding steroid dienone is 4. The molecule has 0 fully saturated rings. The molecule has 0 saturated heterocycles. The molecule has 2 amide bonds. The van der Waals surface area contributed by atoms with Crippen molar-refractivity contribution in [1.29, 1.82) is 0 Å². The maximum Gasteiger partial charge on any atom is 0.246 e. The van der Waals surface area contributed by atoms with Crippen LogP contribution in [0.3, 0.4) is 0 Å². The number of amides is 2. The van der Waals surface area contributed by atoms with Gasteiger partial charge >= 0.3 is 0 Å². The molecule has 0 atom stereocenters. The first-order valence-electron chi connectivity index (χ1n) is 6.18. The predicted octanol–water partition coefficient (Wildman–Crippen LogP) is 1.81. The van der Waals surface area contributed by atoms with Crippen molar-refractivity contribution >= 4 is 18.5 Å². The highest BCUT2D eigenvalue weighted by atomic mass is 16.2. The van der Waals surface area contributed by atoms with E-state index in [1.807, 2.05) is 19.1 Å². The topological polar surface area (TPSA) is 61.8 Å². The molecule has 5 nitrogen and oxygen atoms in total. The number of hydrazone groups is 1. The van der Waals surface area contributed by atoms with Gasteiger partial charge in [-0.25, -0.2) is 5.01 Å². The minimum atomic E-state index is -0.183. The van der Waals surface area contributed by atoms with E-state index >= 15 is 0 Å². The van der Waals surface area contributed by atoms with E-state index in [1.165, 1.54) is 11.2 Å². The summed E-state index contributed by atoms with van der Waals surface area (Å²) in [6.07, 6.45) is 10.8. The van der Waals surface area contributed by atoms with Crippen LogP contribution in [0.2, 0.25) is 0 Å². The van der Waals surface area contributed by atoms with Crippen LogP contribution >= 0.6 is 0 Å². The van der Waals surface area contributed by atoms with Gasteiger partial charge in [-0.05, 0) is 25.5 Å². The Kier molecular flexibility index (Phi) is 9.21. The Balaban J connectivity index is 4.71. The highest BCUT2D eigenvalue weighted by Crippen LogP contribution is 2.01. The summed E-state index contributed by atoms with van der Waals surface area (Å²) < 4.78 is 0. The second-order valence-electron chi connectivity index (χ2n) is 3.85.